The third-order valence-corrected chi connectivity index (χ3v) is 3.48. The summed E-state index contributed by atoms with van der Waals surface area (Å²) in [6, 6.07) is 9.56. The van der Waals surface area contributed by atoms with Crippen LogP contribution in [0.4, 0.5) is 0 Å². The summed E-state index contributed by atoms with van der Waals surface area (Å²) < 4.78 is 0. The van der Waals surface area contributed by atoms with Gasteiger partial charge in [0.1, 0.15) is 0 Å². The van der Waals surface area contributed by atoms with Crippen LogP contribution in [0.1, 0.15) is 36.9 Å². The zero-order chi connectivity index (χ0) is 11.5. The molecule has 88 valence electrons. The molecule has 2 heteroatoms. The van der Waals surface area contributed by atoms with Gasteiger partial charge < -0.3 is 5.73 Å². The van der Waals surface area contributed by atoms with Crippen molar-refractivity contribution in [1.29, 1.82) is 0 Å². The highest BCUT2D eigenvalue weighted by Crippen LogP contribution is 2.31. The molecule has 1 aliphatic rings. The fourth-order valence-corrected chi connectivity index (χ4v) is 2.64. The first-order chi connectivity index (χ1) is 7.72. The maximum atomic E-state index is 6.23. The Morgan fingerprint density at radius 2 is 2.00 bits per heavy atom. The molecule has 1 heterocycles. The Labute approximate surface area is 98.4 Å². The molecule has 0 spiro atoms. The lowest BCUT2D eigenvalue weighted by Crippen LogP contribution is -2.32. The third-order valence-electron chi connectivity index (χ3n) is 3.48. The number of hydrogen-bond donors (Lipinski definition) is 1. The summed E-state index contributed by atoms with van der Waals surface area (Å²) in [5, 5.41) is 0. The molecule has 0 aliphatic carbocycles. The van der Waals surface area contributed by atoms with E-state index < -0.39 is 0 Å². The van der Waals surface area contributed by atoms with Crippen LogP contribution in [-0.4, -0.2) is 24.0 Å². The van der Waals surface area contributed by atoms with Crippen LogP contribution in [-0.2, 0) is 0 Å². The zero-order valence-electron chi connectivity index (χ0n) is 10.3. The topological polar surface area (TPSA) is 29.3 Å². The number of benzene rings is 1. The molecule has 1 fully saturated rings. The van der Waals surface area contributed by atoms with E-state index in [1.165, 1.54) is 17.5 Å². The van der Waals surface area contributed by atoms with Crippen molar-refractivity contribution in [1.82, 2.24) is 4.90 Å². The number of hydrogen-bond acceptors (Lipinski definition) is 2. The van der Waals surface area contributed by atoms with Crippen molar-refractivity contribution in [3.63, 3.8) is 0 Å². The van der Waals surface area contributed by atoms with Crippen LogP contribution < -0.4 is 5.73 Å². The van der Waals surface area contributed by atoms with E-state index in [-0.39, 0.29) is 0 Å². The number of nitrogens with two attached hydrogens (primary N) is 1. The molecule has 2 rings (SSSR count). The largest absolute Gasteiger partial charge is 0.326 e. The summed E-state index contributed by atoms with van der Waals surface area (Å²) in [6.07, 6.45) is 2.33. The van der Waals surface area contributed by atoms with Crippen molar-refractivity contribution in [2.24, 2.45) is 5.73 Å². The normalized spacial score (nSPS) is 26.2. The predicted octanol–water partition coefficient (Wildman–Crippen LogP) is 2.48. The standard InChI is InChI=1S/C14H22N2/c1-3-9-16-10-8-13(15)14(16)12-6-4-11(2)5-7-12/h4-7,13-14H,3,8-10,15H2,1-2H3/t13-,14+/m1/s1. The Kier molecular flexibility index (Phi) is 3.62. The molecule has 2 nitrogen and oxygen atoms in total. The molecule has 0 amide bonds. The molecule has 1 aromatic carbocycles. The van der Waals surface area contributed by atoms with Gasteiger partial charge in [-0.1, -0.05) is 36.8 Å². The summed E-state index contributed by atoms with van der Waals surface area (Å²) >= 11 is 0. The first-order valence-electron chi connectivity index (χ1n) is 6.28. The van der Waals surface area contributed by atoms with Crippen molar-refractivity contribution in [2.45, 2.75) is 38.8 Å². The number of aryl methyl sites for hydroxylation is 1. The molecular formula is C14H22N2. The molecule has 1 aliphatic heterocycles. The van der Waals surface area contributed by atoms with Crippen molar-refractivity contribution in [3.05, 3.63) is 35.4 Å². The maximum Gasteiger partial charge on any atom is 0.0499 e. The number of nitrogens with zero attached hydrogens (tertiary/aromatic N) is 1. The second-order valence-corrected chi connectivity index (χ2v) is 4.84. The van der Waals surface area contributed by atoms with E-state index in [2.05, 4.69) is 43.0 Å². The van der Waals surface area contributed by atoms with Crippen LogP contribution in [0.25, 0.3) is 0 Å². The van der Waals surface area contributed by atoms with Crippen molar-refractivity contribution >= 4 is 0 Å². The lowest BCUT2D eigenvalue weighted by molar-refractivity contribution is 0.248. The first kappa shape index (κ1) is 11.6. The second kappa shape index (κ2) is 4.98. The molecule has 0 unspecified atom stereocenters. The van der Waals surface area contributed by atoms with Gasteiger partial charge >= 0.3 is 0 Å². The van der Waals surface area contributed by atoms with E-state index in [0.717, 1.165) is 19.5 Å². The molecule has 1 saturated heterocycles. The lowest BCUT2D eigenvalue weighted by atomic mass is 9.99. The van der Waals surface area contributed by atoms with Gasteiger partial charge in [-0.05, 0) is 31.9 Å². The maximum absolute atomic E-state index is 6.23. The smallest absolute Gasteiger partial charge is 0.0499 e. The Hall–Kier alpha value is -0.860. The number of likely N-dealkylation sites (tertiary alicyclic amines) is 1. The monoisotopic (exact) mass is 218 g/mol. The van der Waals surface area contributed by atoms with Crippen LogP contribution in [0.5, 0.6) is 0 Å². The molecule has 0 aromatic heterocycles. The van der Waals surface area contributed by atoms with E-state index in [1.807, 2.05) is 0 Å². The van der Waals surface area contributed by atoms with Crippen LogP contribution >= 0.6 is 0 Å². The van der Waals surface area contributed by atoms with Gasteiger partial charge in [0.25, 0.3) is 0 Å². The van der Waals surface area contributed by atoms with E-state index in [0.29, 0.717) is 12.1 Å². The van der Waals surface area contributed by atoms with Crippen LogP contribution in [0.15, 0.2) is 24.3 Å². The van der Waals surface area contributed by atoms with Crippen molar-refractivity contribution in [2.75, 3.05) is 13.1 Å². The molecular weight excluding hydrogens is 196 g/mol. The highest BCUT2D eigenvalue weighted by atomic mass is 15.2. The van der Waals surface area contributed by atoms with Crippen LogP contribution in [0.3, 0.4) is 0 Å². The average Bonchev–Trinajstić information content (AvgIpc) is 2.62. The van der Waals surface area contributed by atoms with Gasteiger partial charge in [-0.25, -0.2) is 0 Å². The second-order valence-electron chi connectivity index (χ2n) is 4.84. The van der Waals surface area contributed by atoms with Crippen molar-refractivity contribution < 1.29 is 0 Å². The number of rotatable bonds is 3. The SMILES string of the molecule is CCCN1CC[C@@H](N)[C@@H]1c1ccc(C)cc1. The fourth-order valence-electron chi connectivity index (χ4n) is 2.64. The van der Waals surface area contributed by atoms with Gasteiger partial charge in [0.2, 0.25) is 0 Å². The molecule has 1 aromatic rings. The highest BCUT2D eigenvalue weighted by Gasteiger charge is 2.31. The van der Waals surface area contributed by atoms with Gasteiger partial charge in [-0.15, -0.1) is 0 Å². The van der Waals surface area contributed by atoms with Crippen molar-refractivity contribution in [3.8, 4) is 0 Å². The van der Waals surface area contributed by atoms with E-state index in [1.54, 1.807) is 0 Å². The molecule has 16 heavy (non-hydrogen) atoms. The van der Waals surface area contributed by atoms with E-state index in [9.17, 15) is 0 Å². The average molecular weight is 218 g/mol. The predicted molar refractivity (Wildman–Crippen MR) is 68.4 cm³/mol. The Morgan fingerprint density at radius 3 is 2.62 bits per heavy atom. The summed E-state index contributed by atoms with van der Waals surface area (Å²) in [5.74, 6) is 0. The van der Waals surface area contributed by atoms with E-state index in [4.69, 9.17) is 5.73 Å². The highest BCUT2D eigenvalue weighted by molar-refractivity contribution is 5.26. The minimum absolute atomic E-state index is 0.300. The summed E-state index contributed by atoms with van der Waals surface area (Å²) in [4.78, 5) is 2.52. The van der Waals surface area contributed by atoms with Gasteiger partial charge in [-0.3, -0.25) is 4.90 Å². The summed E-state index contributed by atoms with van der Waals surface area (Å²) in [6.45, 7) is 6.66. The Balaban J connectivity index is 2.19. The third kappa shape index (κ3) is 2.28. The van der Waals surface area contributed by atoms with Gasteiger partial charge in [-0.2, -0.15) is 0 Å². The summed E-state index contributed by atoms with van der Waals surface area (Å²) in [5.41, 5.74) is 8.92. The summed E-state index contributed by atoms with van der Waals surface area (Å²) in [7, 11) is 0. The minimum Gasteiger partial charge on any atom is -0.326 e. The van der Waals surface area contributed by atoms with Gasteiger partial charge in [0, 0.05) is 18.6 Å². The fraction of sp³-hybridized carbons (Fsp3) is 0.571. The van der Waals surface area contributed by atoms with Gasteiger partial charge in [0.05, 0.1) is 0 Å². The Bertz CT molecular complexity index is 329. The van der Waals surface area contributed by atoms with Crippen LogP contribution in [0, 0.1) is 6.92 Å². The van der Waals surface area contributed by atoms with Crippen LogP contribution in [0.2, 0.25) is 0 Å². The lowest BCUT2D eigenvalue weighted by Gasteiger charge is -2.26. The van der Waals surface area contributed by atoms with E-state index >= 15 is 0 Å². The minimum atomic E-state index is 0.300. The zero-order valence-corrected chi connectivity index (χ0v) is 10.3. The molecule has 0 radical (unpaired) electrons. The van der Waals surface area contributed by atoms with Gasteiger partial charge in [0.15, 0.2) is 0 Å². The quantitative estimate of drug-likeness (QED) is 0.844. The molecule has 2 N–H and O–H groups in total. The Morgan fingerprint density at radius 1 is 1.31 bits per heavy atom. The molecule has 0 saturated carbocycles. The first-order valence-corrected chi connectivity index (χ1v) is 6.28. The molecule has 0 bridgehead atoms. The molecule has 2 atom stereocenters.